The van der Waals surface area contributed by atoms with Gasteiger partial charge in [-0.1, -0.05) is 6.92 Å². The average Bonchev–Trinajstić information content (AvgIpc) is 1.81. The quantitative estimate of drug-likeness (QED) is 0.255. The van der Waals surface area contributed by atoms with Crippen molar-refractivity contribution in [2.45, 2.75) is 19.4 Å². The fraction of sp³-hybridized carbons (Fsp3) is 1.00. The summed E-state index contributed by atoms with van der Waals surface area (Å²) in [4.78, 5) is 16.9. The largest absolute Gasteiger partial charge is 0.327 e. The summed E-state index contributed by atoms with van der Waals surface area (Å²) in [6, 6.07) is -0.291. The van der Waals surface area contributed by atoms with Crippen LogP contribution in [-0.2, 0) is 4.57 Å². The maximum Gasteiger partial charge on any atom is 0.327 e. The molecule has 0 aromatic heterocycles. The second-order valence-corrected chi connectivity index (χ2v) is 3.81. The summed E-state index contributed by atoms with van der Waals surface area (Å²) in [5.74, 6) is 5.00. The Labute approximate surface area is 59.7 Å². The minimum Gasteiger partial charge on any atom is -0.324 e. The summed E-state index contributed by atoms with van der Waals surface area (Å²) in [7, 11) is -3.90. The topological polar surface area (TPSA) is 95.6 Å². The summed E-state index contributed by atoms with van der Waals surface area (Å²) in [6.07, 6.45) is 0.418. The highest BCUT2D eigenvalue weighted by molar-refractivity contribution is 7.51. The van der Waals surface area contributed by atoms with Crippen LogP contribution < -0.4 is 11.3 Å². The lowest BCUT2D eigenvalue weighted by molar-refractivity contribution is 0.362. The highest BCUT2D eigenvalue weighted by Gasteiger charge is 2.18. The van der Waals surface area contributed by atoms with Crippen molar-refractivity contribution in [3.8, 4) is 0 Å². The van der Waals surface area contributed by atoms with Crippen LogP contribution in [0.25, 0.3) is 0 Å². The number of hydrogen-bond donors (Lipinski definition) is 4. The lowest BCUT2D eigenvalue weighted by atomic mass is 10.3. The third-order valence-electron chi connectivity index (χ3n) is 1.19. The van der Waals surface area contributed by atoms with Gasteiger partial charge >= 0.3 is 7.60 Å². The fourth-order valence-electron chi connectivity index (χ4n) is 0.587. The molecule has 0 radical (unpaired) electrons. The van der Waals surface area contributed by atoms with E-state index in [1.165, 1.54) is 0 Å². The van der Waals surface area contributed by atoms with Crippen molar-refractivity contribution in [2.24, 2.45) is 5.84 Å². The molecular formula is C4H13N2O3P. The Balaban J connectivity index is 3.75. The normalized spacial score (nSPS) is 15.2. The molecular weight excluding hydrogens is 155 g/mol. The first-order chi connectivity index (χ1) is 4.49. The SMILES string of the molecule is CCC(CP(=O)(O)O)NN. The monoisotopic (exact) mass is 168 g/mol. The summed E-state index contributed by atoms with van der Waals surface area (Å²) in [5.41, 5.74) is 2.32. The lowest BCUT2D eigenvalue weighted by Gasteiger charge is -2.13. The molecule has 1 atom stereocenters. The molecule has 0 aliphatic carbocycles. The minimum absolute atomic E-state index is 0.194. The Hall–Kier alpha value is 0.0700. The molecule has 0 aromatic carbocycles. The number of nitrogens with two attached hydrogens (primary N) is 1. The van der Waals surface area contributed by atoms with Crippen LogP contribution in [0, 0.1) is 0 Å². The van der Waals surface area contributed by atoms with Crippen molar-refractivity contribution in [2.75, 3.05) is 6.16 Å². The number of nitrogens with one attached hydrogen (secondary N) is 1. The third kappa shape index (κ3) is 4.90. The van der Waals surface area contributed by atoms with Crippen LogP contribution in [0.15, 0.2) is 0 Å². The molecule has 0 saturated heterocycles. The van der Waals surface area contributed by atoms with Crippen LogP contribution in [0.1, 0.15) is 13.3 Å². The number of hydrogen-bond acceptors (Lipinski definition) is 3. The molecule has 0 spiro atoms. The van der Waals surface area contributed by atoms with Crippen LogP contribution in [0.4, 0.5) is 0 Å². The maximum absolute atomic E-state index is 10.4. The van der Waals surface area contributed by atoms with E-state index in [4.69, 9.17) is 15.6 Å². The van der Waals surface area contributed by atoms with E-state index in [-0.39, 0.29) is 12.2 Å². The van der Waals surface area contributed by atoms with Crippen LogP contribution >= 0.6 is 7.60 Å². The number of hydrazine groups is 1. The van der Waals surface area contributed by atoms with Gasteiger partial charge in [-0.25, -0.2) is 0 Å². The number of rotatable bonds is 4. The van der Waals surface area contributed by atoms with Gasteiger partial charge in [0.25, 0.3) is 0 Å². The van der Waals surface area contributed by atoms with E-state index in [1.54, 1.807) is 6.92 Å². The second-order valence-electron chi connectivity index (χ2n) is 2.12. The van der Waals surface area contributed by atoms with E-state index in [1.807, 2.05) is 0 Å². The second kappa shape index (κ2) is 4.05. The van der Waals surface area contributed by atoms with E-state index < -0.39 is 7.60 Å². The molecule has 5 nitrogen and oxygen atoms in total. The van der Waals surface area contributed by atoms with Crippen LogP contribution in [0.3, 0.4) is 0 Å². The molecule has 1 unspecified atom stereocenters. The first-order valence-corrected chi connectivity index (χ1v) is 4.80. The van der Waals surface area contributed by atoms with Gasteiger partial charge in [-0.2, -0.15) is 0 Å². The smallest absolute Gasteiger partial charge is 0.324 e. The molecule has 0 heterocycles. The van der Waals surface area contributed by atoms with E-state index in [2.05, 4.69) is 5.43 Å². The molecule has 0 rings (SSSR count). The molecule has 62 valence electrons. The van der Waals surface area contributed by atoms with E-state index in [0.717, 1.165) is 0 Å². The first kappa shape index (κ1) is 10.1. The van der Waals surface area contributed by atoms with Crippen LogP contribution in [0.2, 0.25) is 0 Å². The Morgan fingerprint density at radius 1 is 1.70 bits per heavy atom. The van der Waals surface area contributed by atoms with Gasteiger partial charge in [0.05, 0.1) is 6.16 Å². The predicted octanol–water partition coefficient (Wildman–Crippen LogP) is -0.594. The summed E-state index contributed by atoms with van der Waals surface area (Å²) < 4.78 is 10.4. The highest BCUT2D eigenvalue weighted by atomic mass is 31.2. The van der Waals surface area contributed by atoms with Crippen molar-refractivity contribution in [1.82, 2.24) is 5.43 Å². The van der Waals surface area contributed by atoms with Crippen LogP contribution in [0.5, 0.6) is 0 Å². The van der Waals surface area contributed by atoms with Crippen molar-refractivity contribution in [3.63, 3.8) is 0 Å². The zero-order valence-corrected chi connectivity index (χ0v) is 6.71. The standard InChI is InChI=1S/C4H13N2O3P/c1-2-4(6-5)3-10(7,8)9/h4,6H,2-3,5H2,1H3,(H2,7,8,9). The van der Waals surface area contributed by atoms with Crippen molar-refractivity contribution in [1.29, 1.82) is 0 Å². The Morgan fingerprint density at radius 2 is 2.20 bits per heavy atom. The zero-order valence-electron chi connectivity index (χ0n) is 5.82. The van der Waals surface area contributed by atoms with Gasteiger partial charge in [-0.15, -0.1) is 0 Å². The Bertz CT molecular complexity index is 130. The molecule has 0 amide bonds. The van der Waals surface area contributed by atoms with E-state index >= 15 is 0 Å². The molecule has 10 heavy (non-hydrogen) atoms. The molecule has 0 bridgehead atoms. The lowest BCUT2D eigenvalue weighted by Crippen LogP contribution is -2.37. The van der Waals surface area contributed by atoms with Gasteiger partial charge in [-0.05, 0) is 6.42 Å². The predicted molar refractivity (Wildman–Crippen MR) is 38.3 cm³/mol. The van der Waals surface area contributed by atoms with Gasteiger partial charge in [0.1, 0.15) is 0 Å². The van der Waals surface area contributed by atoms with Crippen molar-refractivity contribution in [3.05, 3.63) is 0 Å². The third-order valence-corrected chi connectivity index (χ3v) is 2.10. The summed E-state index contributed by atoms with van der Waals surface area (Å²) in [6.45, 7) is 1.81. The van der Waals surface area contributed by atoms with Gasteiger partial charge in [0.2, 0.25) is 0 Å². The minimum atomic E-state index is -3.90. The highest BCUT2D eigenvalue weighted by Crippen LogP contribution is 2.35. The van der Waals surface area contributed by atoms with Gasteiger partial charge in [0.15, 0.2) is 0 Å². The van der Waals surface area contributed by atoms with Gasteiger partial charge in [0, 0.05) is 6.04 Å². The van der Waals surface area contributed by atoms with E-state index in [9.17, 15) is 4.57 Å². The molecule has 0 aliphatic rings. The zero-order chi connectivity index (χ0) is 8.20. The molecule has 0 aliphatic heterocycles. The molecule has 5 N–H and O–H groups in total. The Kier molecular flexibility index (Phi) is 4.08. The molecule has 6 heteroatoms. The van der Waals surface area contributed by atoms with E-state index in [0.29, 0.717) is 6.42 Å². The molecule has 0 aromatic rings. The fourth-order valence-corrected chi connectivity index (χ4v) is 1.52. The average molecular weight is 168 g/mol. The molecule has 0 fully saturated rings. The van der Waals surface area contributed by atoms with Crippen LogP contribution in [-0.4, -0.2) is 22.0 Å². The van der Waals surface area contributed by atoms with Crippen molar-refractivity contribution < 1.29 is 14.4 Å². The first-order valence-electron chi connectivity index (χ1n) is 3.00. The van der Waals surface area contributed by atoms with Crippen molar-refractivity contribution >= 4 is 7.60 Å². The van der Waals surface area contributed by atoms with Gasteiger partial charge < -0.3 is 9.79 Å². The Morgan fingerprint density at radius 3 is 2.30 bits per heavy atom. The summed E-state index contributed by atoms with van der Waals surface area (Å²) >= 11 is 0. The maximum atomic E-state index is 10.4. The summed E-state index contributed by atoms with van der Waals surface area (Å²) in [5, 5.41) is 0. The molecule has 0 saturated carbocycles. The van der Waals surface area contributed by atoms with Gasteiger partial charge in [-0.3, -0.25) is 15.8 Å².